The summed E-state index contributed by atoms with van der Waals surface area (Å²) in [6.07, 6.45) is 7.09. The van der Waals surface area contributed by atoms with E-state index in [1.807, 2.05) is 73.8 Å². The summed E-state index contributed by atoms with van der Waals surface area (Å²) in [4.78, 5) is 30.9. The Hall–Kier alpha value is -3.35. The Morgan fingerprint density at radius 1 is 1.17 bits per heavy atom. The molecule has 2 saturated heterocycles. The lowest BCUT2D eigenvalue weighted by molar-refractivity contribution is -0.139. The van der Waals surface area contributed by atoms with Gasteiger partial charge in [-0.2, -0.15) is 5.10 Å². The minimum Gasteiger partial charge on any atom is -0.444 e. The molecule has 0 aliphatic carbocycles. The maximum absolute atomic E-state index is 13.7. The van der Waals surface area contributed by atoms with E-state index in [0.29, 0.717) is 38.9 Å². The Balaban J connectivity index is 1.74. The number of nitrogens with zero attached hydrogens (tertiary/aromatic N) is 4. The first-order chi connectivity index (χ1) is 17.1. The van der Waals surface area contributed by atoms with E-state index >= 15 is 0 Å². The van der Waals surface area contributed by atoms with E-state index in [4.69, 9.17) is 9.84 Å². The van der Waals surface area contributed by atoms with Gasteiger partial charge in [-0.1, -0.05) is 42.5 Å². The van der Waals surface area contributed by atoms with Crippen molar-refractivity contribution in [2.75, 3.05) is 13.1 Å². The van der Waals surface area contributed by atoms with E-state index < -0.39 is 11.0 Å². The fourth-order valence-corrected chi connectivity index (χ4v) is 5.72. The van der Waals surface area contributed by atoms with E-state index in [1.165, 1.54) is 0 Å². The second kappa shape index (κ2) is 9.96. The lowest BCUT2D eigenvalue weighted by Gasteiger charge is -2.44. The van der Waals surface area contributed by atoms with Crippen LogP contribution in [0.3, 0.4) is 0 Å². The van der Waals surface area contributed by atoms with E-state index in [1.54, 1.807) is 4.90 Å². The first-order valence-corrected chi connectivity index (χ1v) is 12.7. The van der Waals surface area contributed by atoms with Crippen LogP contribution in [0.25, 0.3) is 0 Å². The molecule has 3 heterocycles. The molecule has 1 aromatic heterocycles. The second-order valence-electron chi connectivity index (χ2n) is 11.0. The first kappa shape index (κ1) is 25.7. The summed E-state index contributed by atoms with van der Waals surface area (Å²) in [5.41, 5.74) is 1.75. The van der Waals surface area contributed by atoms with Gasteiger partial charge in [0.2, 0.25) is 5.91 Å². The molecular weight excluding hydrogens is 452 g/mol. The predicted octanol–water partition coefficient (Wildman–Crippen LogP) is 5.27. The molecular formula is C29H38N4O3. The highest BCUT2D eigenvalue weighted by atomic mass is 16.6. The lowest BCUT2D eigenvalue weighted by Crippen LogP contribution is -2.56. The molecule has 2 unspecified atom stereocenters. The monoisotopic (exact) mass is 490 g/mol. The number of hydrogen-bond acceptors (Lipinski definition) is 4. The summed E-state index contributed by atoms with van der Waals surface area (Å²) in [5.74, 6) is 0.121. The van der Waals surface area contributed by atoms with Gasteiger partial charge in [-0.25, -0.2) is 4.79 Å². The van der Waals surface area contributed by atoms with Crippen molar-refractivity contribution in [3.63, 3.8) is 0 Å². The first-order valence-electron chi connectivity index (χ1n) is 12.7. The van der Waals surface area contributed by atoms with E-state index in [0.717, 1.165) is 16.8 Å². The minimum atomic E-state index is -0.619. The third-order valence-electron chi connectivity index (χ3n) is 7.19. The molecule has 7 heteroatoms. The summed E-state index contributed by atoms with van der Waals surface area (Å²) in [6, 6.07) is 9.64. The number of hydrogen-bond donors (Lipinski definition) is 0. The van der Waals surface area contributed by atoms with Crippen molar-refractivity contribution in [1.29, 1.82) is 0 Å². The highest BCUT2D eigenvalue weighted by molar-refractivity contribution is 5.86. The maximum atomic E-state index is 13.7. The summed E-state index contributed by atoms with van der Waals surface area (Å²) >= 11 is 0. The van der Waals surface area contributed by atoms with Crippen LogP contribution in [0.4, 0.5) is 4.79 Å². The molecule has 0 radical (unpaired) electrons. The van der Waals surface area contributed by atoms with Crippen molar-refractivity contribution in [2.45, 2.75) is 71.2 Å². The molecule has 2 aromatic rings. The molecule has 2 fully saturated rings. The fraction of sp³-hybridized carbons (Fsp3) is 0.483. The van der Waals surface area contributed by atoms with Crippen LogP contribution >= 0.6 is 0 Å². The molecule has 2 aliphatic rings. The Morgan fingerprint density at radius 2 is 1.83 bits per heavy atom. The Labute approximate surface area is 214 Å². The van der Waals surface area contributed by atoms with Gasteiger partial charge in [0, 0.05) is 24.8 Å². The standard InChI is InChI=1S/C29H38N4O3/c1-7-14-29(15-8-2)18-24-25(23-20-31(30-21(23)3)19-22-12-10-9-11-13-22)33(17-16-32(24)26(29)34)27(35)36-28(4,5)6/h7-13,20,24-25H,1-2,14-19H2,3-6H3. The number of rotatable bonds is 7. The summed E-state index contributed by atoms with van der Waals surface area (Å²) in [7, 11) is 0. The Bertz CT molecular complexity index is 1120. The largest absolute Gasteiger partial charge is 0.444 e. The molecule has 0 spiro atoms. The molecule has 0 N–H and O–H groups in total. The van der Waals surface area contributed by atoms with E-state index in [9.17, 15) is 9.59 Å². The van der Waals surface area contributed by atoms with Gasteiger partial charge in [0.15, 0.2) is 0 Å². The zero-order valence-corrected chi connectivity index (χ0v) is 21.9. The number of benzene rings is 1. The number of fused-ring (bicyclic) bond motifs is 1. The van der Waals surface area contributed by atoms with Crippen LogP contribution in [-0.4, -0.2) is 56.3 Å². The van der Waals surface area contributed by atoms with Crippen molar-refractivity contribution in [3.8, 4) is 0 Å². The number of carbonyl (C=O) groups excluding carboxylic acids is 2. The summed E-state index contributed by atoms with van der Waals surface area (Å²) in [6.45, 7) is 16.9. The van der Waals surface area contributed by atoms with Gasteiger partial charge in [0.05, 0.1) is 29.7 Å². The topological polar surface area (TPSA) is 67.7 Å². The van der Waals surface area contributed by atoms with Crippen LogP contribution in [0.15, 0.2) is 61.8 Å². The van der Waals surface area contributed by atoms with Crippen LogP contribution in [0.5, 0.6) is 0 Å². The van der Waals surface area contributed by atoms with Crippen LogP contribution in [0.2, 0.25) is 0 Å². The molecule has 2 aliphatic heterocycles. The van der Waals surface area contributed by atoms with Crippen molar-refractivity contribution in [2.24, 2.45) is 5.41 Å². The normalized spacial score (nSPS) is 21.3. The number of piperazine rings is 1. The third kappa shape index (κ3) is 4.97. The van der Waals surface area contributed by atoms with Crippen LogP contribution in [0, 0.1) is 12.3 Å². The molecule has 2 amide bonds. The highest BCUT2D eigenvalue weighted by Gasteiger charge is 2.56. The molecule has 4 rings (SSSR count). The Kier molecular flexibility index (Phi) is 7.12. The molecule has 0 bridgehead atoms. The van der Waals surface area contributed by atoms with E-state index in [-0.39, 0.29) is 24.1 Å². The van der Waals surface area contributed by atoms with Gasteiger partial charge in [0.1, 0.15) is 5.60 Å². The lowest BCUT2D eigenvalue weighted by atomic mass is 9.77. The average Bonchev–Trinajstić information content (AvgIpc) is 3.30. The van der Waals surface area contributed by atoms with Gasteiger partial charge in [-0.3, -0.25) is 14.4 Å². The third-order valence-corrected chi connectivity index (χ3v) is 7.19. The maximum Gasteiger partial charge on any atom is 0.410 e. The van der Waals surface area contributed by atoms with Crippen LogP contribution in [-0.2, 0) is 16.1 Å². The average molecular weight is 491 g/mol. The van der Waals surface area contributed by atoms with Crippen molar-refractivity contribution in [3.05, 3.63) is 78.7 Å². The number of aryl methyl sites for hydroxylation is 1. The molecule has 36 heavy (non-hydrogen) atoms. The van der Waals surface area contributed by atoms with Crippen molar-refractivity contribution >= 4 is 12.0 Å². The quantitative estimate of drug-likeness (QED) is 0.496. The molecule has 7 nitrogen and oxygen atoms in total. The zero-order chi connectivity index (χ0) is 26.1. The number of aromatic nitrogens is 2. The minimum absolute atomic E-state index is 0.121. The van der Waals surface area contributed by atoms with Gasteiger partial charge in [-0.05, 0) is 52.5 Å². The SMILES string of the molecule is C=CCC1(CC=C)CC2C(c3cn(Cc4ccccc4)nc3C)N(C(=O)OC(C)(C)C)CCN2C1=O. The Morgan fingerprint density at radius 3 is 2.44 bits per heavy atom. The fourth-order valence-electron chi connectivity index (χ4n) is 5.72. The summed E-state index contributed by atoms with van der Waals surface area (Å²) < 4.78 is 7.74. The van der Waals surface area contributed by atoms with Gasteiger partial charge >= 0.3 is 6.09 Å². The summed E-state index contributed by atoms with van der Waals surface area (Å²) in [5, 5.41) is 4.79. The number of carbonyl (C=O) groups is 2. The van der Waals surface area contributed by atoms with Crippen LogP contribution in [0.1, 0.15) is 62.9 Å². The smallest absolute Gasteiger partial charge is 0.410 e. The number of amides is 2. The second-order valence-corrected chi connectivity index (χ2v) is 11.0. The van der Waals surface area contributed by atoms with Crippen molar-refractivity contribution in [1.82, 2.24) is 19.6 Å². The molecule has 1 aromatic carbocycles. The van der Waals surface area contributed by atoms with Gasteiger partial charge in [0.25, 0.3) is 0 Å². The van der Waals surface area contributed by atoms with Gasteiger partial charge < -0.3 is 9.64 Å². The zero-order valence-electron chi connectivity index (χ0n) is 21.9. The van der Waals surface area contributed by atoms with Crippen molar-refractivity contribution < 1.29 is 14.3 Å². The van der Waals surface area contributed by atoms with Crippen LogP contribution < -0.4 is 0 Å². The highest BCUT2D eigenvalue weighted by Crippen LogP contribution is 2.49. The number of allylic oxidation sites excluding steroid dienone is 2. The van der Waals surface area contributed by atoms with E-state index in [2.05, 4.69) is 25.3 Å². The molecule has 0 saturated carbocycles. The van der Waals surface area contributed by atoms with Gasteiger partial charge in [-0.15, -0.1) is 13.2 Å². The number of ether oxygens (including phenoxy) is 1. The predicted molar refractivity (Wildman–Crippen MR) is 140 cm³/mol. The molecule has 192 valence electrons. The molecule has 2 atom stereocenters.